The van der Waals surface area contributed by atoms with Crippen LogP contribution in [0.2, 0.25) is 0 Å². The average molecular weight is 329 g/mol. The molecule has 3 heterocycles. The quantitative estimate of drug-likeness (QED) is 0.924. The molecule has 5 heteroatoms. The van der Waals surface area contributed by atoms with Crippen molar-refractivity contribution in [2.75, 3.05) is 19.7 Å². The third-order valence-electron chi connectivity index (χ3n) is 6.13. The number of hydrogen-bond acceptors (Lipinski definition) is 3. The summed E-state index contributed by atoms with van der Waals surface area (Å²) in [6.07, 6.45) is 8.90. The molecule has 0 unspecified atom stereocenters. The van der Waals surface area contributed by atoms with E-state index in [1.54, 1.807) is 0 Å². The molecule has 1 N–H and O–H groups in total. The maximum Gasteiger partial charge on any atom is 0.317 e. The molecule has 3 fully saturated rings. The van der Waals surface area contributed by atoms with Gasteiger partial charge in [0, 0.05) is 43.4 Å². The molecule has 130 valence electrons. The van der Waals surface area contributed by atoms with Gasteiger partial charge in [0.05, 0.1) is 12.1 Å². The molecule has 24 heavy (non-hydrogen) atoms. The summed E-state index contributed by atoms with van der Waals surface area (Å²) in [5.74, 6) is 0. The summed E-state index contributed by atoms with van der Waals surface area (Å²) in [5.41, 5.74) is 2.61. The van der Waals surface area contributed by atoms with E-state index in [1.165, 1.54) is 24.8 Å². The van der Waals surface area contributed by atoms with Crippen LogP contribution in [0.4, 0.5) is 4.79 Å². The Morgan fingerprint density at radius 1 is 1.46 bits per heavy atom. The van der Waals surface area contributed by atoms with Crippen molar-refractivity contribution in [1.29, 1.82) is 0 Å². The van der Waals surface area contributed by atoms with Gasteiger partial charge in [0.1, 0.15) is 0 Å². The summed E-state index contributed by atoms with van der Waals surface area (Å²) >= 11 is 0. The number of pyridine rings is 1. The fourth-order valence-corrected chi connectivity index (χ4v) is 4.65. The lowest BCUT2D eigenvalue weighted by Gasteiger charge is -2.63. The first kappa shape index (κ1) is 15.9. The zero-order chi connectivity index (χ0) is 16.6. The molecule has 1 aromatic rings. The number of ether oxygens (including phenoxy) is 1. The topological polar surface area (TPSA) is 54.5 Å². The number of amides is 2. The van der Waals surface area contributed by atoms with Crippen LogP contribution in [-0.4, -0.2) is 47.8 Å². The molecule has 2 atom stereocenters. The summed E-state index contributed by atoms with van der Waals surface area (Å²) in [6.45, 7) is 4.46. The number of carbonyl (C=O) groups excluding carboxylic acids is 1. The van der Waals surface area contributed by atoms with Gasteiger partial charge in [-0.2, -0.15) is 0 Å². The van der Waals surface area contributed by atoms with Crippen LogP contribution in [-0.2, 0) is 11.2 Å². The van der Waals surface area contributed by atoms with E-state index in [1.807, 2.05) is 17.2 Å². The number of hydrogen-bond donors (Lipinski definition) is 1. The van der Waals surface area contributed by atoms with Crippen molar-refractivity contribution in [2.45, 2.75) is 57.6 Å². The summed E-state index contributed by atoms with van der Waals surface area (Å²) < 4.78 is 5.93. The lowest BCUT2D eigenvalue weighted by Crippen LogP contribution is -2.73. The molecule has 0 aromatic carbocycles. The second-order valence-electron chi connectivity index (χ2n) is 7.59. The van der Waals surface area contributed by atoms with Gasteiger partial charge in [0.15, 0.2) is 0 Å². The van der Waals surface area contributed by atoms with Crippen LogP contribution in [0.3, 0.4) is 0 Å². The number of urea groups is 1. The number of nitrogens with zero attached hydrogens (tertiary/aromatic N) is 2. The van der Waals surface area contributed by atoms with Crippen LogP contribution in [0.15, 0.2) is 18.3 Å². The van der Waals surface area contributed by atoms with Gasteiger partial charge in [-0.25, -0.2) is 4.79 Å². The average Bonchev–Trinajstić information content (AvgIpc) is 3.00. The van der Waals surface area contributed by atoms with Crippen LogP contribution in [0.1, 0.15) is 43.4 Å². The first-order valence-corrected chi connectivity index (χ1v) is 9.26. The van der Waals surface area contributed by atoms with E-state index in [2.05, 4.69) is 23.3 Å². The smallest absolute Gasteiger partial charge is 0.317 e. The molecule has 1 spiro atoms. The number of nitrogens with one attached hydrogen (secondary N) is 1. The van der Waals surface area contributed by atoms with E-state index >= 15 is 0 Å². The molecule has 0 radical (unpaired) electrons. The SMILES string of the molecule is Cc1cccnc1CCNC(=O)N1CC2(CCC2)[C@H]1[C@H]1CCCO1. The fraction of sp³-hybridized carbons (Fsp3) is 0.684. The number of aromatic nitrogens is 1. The third-order valence-corrected chi connectivity index (χ3v) is 6.13. The maximum absolute atomic E-state index is 12.6. The number of likely N-dealkylation sites (tertiary alicyclic amines) is 1. The Bertz CT molecular complexity index is 608. The van der Waals surface area contributed by atoms with Gasteiger partial charge in [-0.3, -0.25) is 4.98 Å². The maximum atomic E-state index is 12.6. The van der Waals surface area contributed by atoms with Gasteiger partial charge in [-0.15, -0.1) is 0 Å². The first-order valence-electron chi connectivity index (χ1n) is 9.26. The Morgan fingerprint density at radius 3 is 3.00 bits per heavy atom. The van der Waals surface area contributed by atoms with E-state index in [0.29, 0.717) is 18.0 Å². The van der Waals surface area contributed by atoms with Gasteiger partial charge < -0.3 is 15.0 Å². The van der Waals surface area contributed by atoms with E-state index in [0.717, 1.165) is 38.1 Å². The van der Waals surface area contributed by atoms with Crippen molar-refractivity contribution < 1.29 is 9.53 Å². The minimum atomic E-state index is 0.0709. The zero-order valence-corrected chi connectivity index (χ0v) is 14.5. The van der Waals surface area contributed by atoms with Crippen LogP contribution < -0.4 is 5.32 Å². The van der Waals surface area contributed by atoms with Crippen molar-refractivity contribution in [3.63, 3.8) is 0 Å². The summed E-state index contributed by atoms with van der Waals surface area (Å²) in [7, 11) is 0. The number of rotatable bonds is 4. The zero-order valence-electron chi connectivity index (χ0n) is 14.5. The van der Waals surface area contributed by atoms with Crippen molar-refractivity contribution in [2.24, 2.45) is 5.41 Å². The van der Waals surface area contributed by atoms with Gasteiger partial charge in [0.2, 0.25) is 0 Å². The van der Waals surface area contributed by atoms with Crippen molar-refractivity contribution in [3.05, 3.63) is 29.6 Å². The predicted molar refractivity (Wildman–Crippen MR) is 91.8 cm³/mol. The van der Waals surface area contributed by atoms with E-state index in [9.17, 15) is 4.79 Å². The van der Waals surface area contributed by atoms with Crippen molar-refractivity contribution in [1.82, 2.24) is 15.2 Å². The molecule has 4 rings (SSSR count). The van der Waals surface area contributed by atoms with Crippen LogP contribution >= 0.6 is 0 Å². The highest BCUT2D eigenvalue weighted by Crippen LogP contribution is 2.55. The minimum Gasteiger partial charge on any atom is -0.376 e. The number of aryl methyl sites for hydroxylation is 1. The summed E-state index contributed by atoms with van der Waals surface area (Å²) in [5, 5.41) is 3.09. The standard InChI is InChI=1S/C19H27N3O2/c1-14-5-2-10-20-15(14)7-11-21-18(23)22-13-19(8-4-9-19)17(22)16-6-3-12-24-16/h2,5,10,16-17H,3-4,6-9,11-13H2,1H3,(H,21,23)/t16-,17-/m1/s1. The van der Waals surface area contributed by atoms with Gasteiger partial charge >= 0.3 is 6.03 Å². The van der Waals surface area contributed by atoms with Gasteiger partial charge in [0.25, 0.3) is 0 Å². The van der Waals surface area contributed by atoms with Gasteiger partial charge in [-0.05, 0) is 44.2 Å². The Hall–Kier alpha value is -1.62. The van der Waals surface area contributed by atoms with Crippen molar-refractivity contribution >= 4 is 6.03 Å². The molecule has 2 aliphatic heterocycles. The van der Waals surface area contributed by atoms with E-state index in [4.69, 9.17) is 4.74 Å². The molecule has 3 aliphatic rings. The molecule has 2 amide bonds. The molecule has 5 nitrogen and oxygen atoms in total. The summed E-state index contributed by atoms with van der Waals surface area (Å²) in [6, 6.07) is 4.38. The molecular formula is C19H27N3O2. The molecule has 2 saturated heterocycles. The predicted octanol–water partition coefficient (Wildman–Crippen LogP) is 2.68. The fourth-order valence-electron chi connectivity index (χ4n) is 4.65. The molecule has 1 aliphatic carbocycles. The van der Waals surface area contributed by atoms with E-state index in [-0.39, 0.29) is 12.1 Å². The largest absolute Gasteiger partial charge is 0.376 e. The first-order chi connectivity index (χ1) is 11.7. The third kappa shape index (κ3) is 2.69. The number of carbonyl (C=O) groups is 1. The molecular weight excluding hydrogens is 302 g/mol. The second kappa shape index (κ2) is 6.36. The van der Waals surface area contributed by atoms with Crippen LogP contribution in [0, 0.1) is 12.3 Å². The Balaban J connectivity index is 1.33. The molecule has 1 aromatic heterocycles. The normalized spacial score (nSPS) is 27.6. The Labute approximate surface area is 143 Å². The molecule has 1 saturated carbocycles. The monoisotopic (exact) mass is 329 g/mol. The van der Waals surface area contributed by atoms with E-state index < -0.39 is 0 Å². The Kier molecular flexibility index (Phi) is 4.21. The van der Waals surface area contributed by atoms with Crippen LogP contribution in [0.5, 0.6) is 0 Å². The van der Waals surface area contributed by atoms with Gasteiger partial charge in [-0.1, -0.05) is 12.5 Å². The Morgan fingerprint density at radius 2 is 2.33 bits per heavy atom. The molecule has 0 bridgehead atoms. The summed E-state index contributed by atoms with van der Waals surface area (Å²) in [4.78, 5) is 19.1. The highest BCUT2D eigenvalue weighted by atomic mass is 16.5. The highest BCUT2D eigenvalue weighted by Gasteiger charge is 2.60. The lowest BCUT2D eigenvalue weighted by molar-refractivity contribution is -0.147. The second-order valence-corrected chi connectivity index (χ2v) is 7.59. The minimum absolute atomic E-state index is 0.0709. The lowest BCUT2D eigenvalue weighted by atomic mass is 9.56. The van der Waals surface area contributed by atoms with Crippen molar-refractivity contribution in [3.8, 4) is 0 Å². The highest BCUT2D eigenvalue weighted by molar-refractivity contribution is 5.76. The van der Waals surface area contributed by atoms with Crippen LogP contribution in [0.25, 0.3) is 0 Å².